The molecule has 30 heavy (non-hydrogen) atoms. The fraction of sp³-hybridized carbons (Fsp3) is 0.526. The second-order valence-corrected chi connectivity index (χ2v) is 7.55. The molecule has 0 N–H and O–H groups in total. The lowest BCUT2D eigenvalue weighted by Crippen LogP contribution is -2.40. The van der Waals surface area contributed by atoms with E-state index in [0.29, 0.717) is 31.8 Å². The Kier molecular flexibility index (Phi) is 5.20. The molecule has 4 heterocycles. The van der Waals surface area contributed by atoms with E-state index in [0.717, 1.165) is 17.3 Å². The van der Waals surface area contributed by atoms with Gasteiger partial charge in [-0.25, -0.2) is 4.98 Å². The minimum atomic E-state index is -4.74. The number of ether oxygens (including phenoxy) is 1. The molecule has 0 saturated carbocycles. The largest absolute Gasteiger partial charge is 0.474 e. The summed E-state index contributed by atoms with van der Waals surface area (Å²) >= 11 is 0. The zero-order valence-corrected chi connectivity index (χ0v) is 16.2. The Morgan fingerprint density at radius 2 is 1.90 bits per heavy atom. The van der Waals surface area contributed by atoms with E-state index in [9.17, 15) is 22.8 Å². The molecule has 1 fully saturated rings. The van der Waals surface area contributed by atoms with Crippen LogP contribution in [0.2, 0.25) is 0 Å². The van der Waals surface area contributed by atoms with Gasteiger partial charge in [0.15, 0.2) is 5.92 Å². The number of piperidine rings is 1. The van der Waals surface area contributed by atoms with Gasteiger partial charge in [-0.1, -0.05) is 0 Å². The zero-order chi connectivity index (χ0) is 21.5. The summed E-state index contributed by atoms with van der Waals surface area (Å²) in [4.78, 5) is 30.6. The van der Waals surface area contributed by atoms with Crippen LogP contribution in [0.3, 0.4) is 0 Å². The predicted molar refractivity (Wildman–Crippen MR) is 96.9 cm³/mol. The lowest BCUT2D eigenvalue weighted by Gasteiger charge is -2.31. The molecule has 0 aliphatic carbocycles. The average Bonchev–Trinajstić information content (AvgIpc) is 3.10. The maximum Gasteiger partial charge on any atom is 0.406 e. The number of hydrogen-bond acceptors (Lipinski definition) is 6. The van der Waals surface area contributed by atoms with E-state index in [4.69, 9.17) is 4.74 Å². The molecule has 11 heteroatoms. The van der Waals surface area contributed by atoms with E-state index in [2.05, 4.69) is 15.2 Å². The topological polar surface area (TPSA) is 87.5 Å². The molecule has 1 saturated heterocycles. The summed E-state index contributed by atoms with van der Waals surface area (Å²) in [6.07, 6.45) is -0.838. The van der Waals surface area contributed by atoms with Crippen LogP contribution in [0.25, 0.3) is 0 Å². The van der Waals surface area contributed by atoms with E-state index >= 15 is 0 Å². The number of rotatable bonds is 3. The molecule has 0 radical (unpaired) electrons. The number of fused-ring (bicyclic) bond motifs is 1. The summed E-state index contributed by atoms with van der Waals surface area (Å²) in [7, 11) is 0. The van der Waals surface area contributed by atoms with Crippen LogP contribution in [0.1, 0.15) is 30.9 Å². The van der Waals surface area contributed by atoms with Crippen LogP contribution in [0, 0.1) is 5.92 Å². The van der Waals surface area contributed by atoms with Gasteiger partial charge in [0.25, 0.3) is 5.91 Å². The quantitative estimate of drug-likeness (QED) is 0.746. The zero-order valence-electron chi connectivity index (χ0n) is 16.2. The van der Waals surface area contributed by atoms with E-state index < -0.39 is 18.0 Å². The van der Waals surface area contributed by atoms with Crippen molar-refractivity contribution in [3.8, 4) is 5.88 Å². The Balaban J connectivity index is 1.44. The minimum Gasteiger partial charge on any atom is -0.474 e. The first-order chi connectivity index (χ1) is 14.2. The number of aromatic nitrogens is 1. The van der Waals surface area contributed by atoms with Gasteiger partial charge < -0.3 is 14.5 Å². The number of pyridine rings is 1. The Labute approximate surface area is 170 Å². The van der Waals surface area contributed by atoms with E-state index in [-0.39, 0.29) is 30.8 Å². The number of likely N-dealkylation sites (tertiary alicyclic amines) is 1. The fourth-order valence-electron chi connectivity index (χ4n) is 3.94. The summed E-state index contributed by atoms with van der Waals surface area (Å²) < 4.78 is 46.1. The Bertz CT molecular complexity index is 922. The fourth-order valence-corrected chi connectivity index (χ4v) is 3.94. The normalized spacial score (nSPS) is 22.2. The van der Waals surface area contributed by atoms with Gasteiger partial charge in [0, 0.05) is 58.2 Å². The van der Waals surface area contributed by atoms with E-state index in [1.54, 1.807) is 17.2 Å². The van der Waals surface area contributed by atoms with Gasteiger partial charge in [-0.05, 0) is 11.1 Å². The van der Waals surface area contributed by atoms with Crippen molar-refractivity contribution in [1.29, 1.82) is 0 Å². The smallest absolute Gasteiger partial charge is 0.406 e. The van der Waals surface area contributed by atoms with Crippen molar-refractivity contribution >= 4 is 11.8 Å². The molecule has 160 valence electrons. The predicted octanol–water partition coefficient (Wildman–Crippen LogP) is 2.80. The highest BCUT2D eigenvalue weighted by molar-refractivity contribution is 5.83. The number of amides is 2. The van der Waals surface area contributed by atoms with Crippen molar-refractivity contribution in [2.75, 3.05) is 13.1 Å². The first-order valence-electron chi connectivity index (χ1n) is 9.59. The summed E-state index contributed by atoms with van der Waals surface area (Å²) in [5.41, 5.74) is 1.35. The van der Waals surface area contributed by atoms with Crippen LogP contribution in [-0.4, -0.2) is 52.0 Å². The molecule has 0 bridgehead atoms. The number of nitrogens with zero attached hydrogens (tertiary/aromatic N) is 5. The van der Waals surface area contributed by atoms with Gasteiger partial charge in [0.2, 0.25) is 11.8 Å². The van der Waals surface area contributed by atoms with Crippen molar-refractivity contribution in [3.05, 3.63) is 35.3 Å². The molecule has 0 aromatic carbocycles. The van der Waals surface area contributed by atoms with Crippen molar-refractivity contribution in [2.45, 2.75) is 45.1 Å². The lowest BCUT2D eigenvalue weighted by atomic mass is 10.0. The van der Waals surface area contributed by atoms with Crippen LogP contribution < -0.4 is 4.74 Å². The lowest BCUT2D eigenvalue weighted by molar-refractivity contribution is -0.177. The van der Waals surface area contributed by atoms with Crippen molar-refractivity contribution in [3.63, 3.8) is 0 Å². The standard InChI is InChI=1S/C19H20F3N5O3/c1-11(28)26-4-2-14(3-5-26)30-16-6-12-9-27(10-13(12)7-23-16)15-8-24-25-18(29)17(15)19(20,21)22/h6-8,14,17H,2-5,9-10H2,1H3. The molecule has 3 aliphatic rings. The molecule has 0 spiro atoms. The summed E-state index contributed by atoms with van der Waals surface area (Å²) in [6, 6.07) is 1.72. The highest BCUT2D eigenvalue weighted by Crippen LogP contribution is 2.40. The molecule has 1 aromatic heterocycles. The summed E-state index contributed by atoms with van der Waals surface area (Å²) in [6.45, 7) is 3.16. The summed E-state index contributed by atoms with van der Waals surface area (Å²) in [5.74, 6) is -3.18. The third-order valence-electron chi connectivity index (χ3n) is 5.54. The minimum absolute atomic E-state index is 0.0383. The molecule has 2 amide bonds. The number of azo groups is 1. The molecule has 1 unspecified atom stereocenters. The van der Waals surface area contributed by atoms with Crippen molar-refractivity contribution < 1.29 is 27.5 Å². The van der Waals surface area contributed by atoms with Gasteiger partial charge in [0.05, 0.1) is 11.9 Å². The monoisotopic (exact) mass is 423 g/mol. The van der Waals surface area contributed by atoms with Gasteiger partial charge in [-0.15, -0.1) is 5.11 Å². The highest BCUT2D eigenvalue weighted by Gasteiger charge is 2.50. The molecule has 4 rings (SSSR count). The molecular formula is C19H20F3N5O3. The number of carbonyl (C=O) groups excluding carboxylic acids is 2. The summed E-state index contributed by atoms with van der Waals surface area (Å²) in [5, 5.41) is 6.48. The Morgan fingerprint density at radius 3 is 2.57 bits per heavy atom. The van der Waals surface area contributed by atoms with Crippen LogP contribution in [-0.2, 0) is 22.7 Å². The van der Waals surface area contributed by atoms with Crippen LogP contribution in [0.4, 0.5) is 13.2 Å². The van der Waals surface area contributed by atoms with Crippen molar-refractivity contribution in [2.24, 2.45) is 16.1 Å². The number of carbonyl (C=O) groups is 2. The Morgan fingerprint density at radius 1 is 1.20 bits per heavy atom. The van der Waals surface area contributed by atoms with Gasteiger partial charge >= 0.3 is 6.18 Å². The Hall–Kier alpha value is -2.98. The molecular weight excluding hydrogens is 403 g/mol. The second kappa shape index (κ2) is 7.69. The number of hydrogen-bond donors (Lipinski definition) is 0. The van der Waals surface area contributed by atoms with Crippen LogP contribution in [0.5, 0.6) is 5.88 Å². The van der Waals surface area contributed by atoms with Crippen molar-refractivity contribution in [1.82, 2.24) is 14.8 Å². The second-order valence-electron chi connectivity index (χ2n) is 7.55. The molecule has 1 aromatic rings. The SMILES string of the molecule is CC(=O)N1CCC(Oc2cc3c(cn2)CN(C2=CN=NC(=O)C2C(F)(F)F)C3)CC1. The molecule has 8 nitrogen and oxygen atoms in total. The number of halogens is 3. The number of alkyl halides is 3. The highest BCUT2D eigenvalue weighted by atomic mass is 19.4. The maximum absolute atomic E-state index is 13.4. The third-order valence-corrected chi connectivity index (χ3v) is 5.54. The van der Waals surface area contributed by atoms with Crippen LogP contribution >= 0.6 is 0 Å². The maximum atomic E-state index is 13.4. The van der Waals surface area contributed by atoms with E-state index in [1.165, 1.54) is 11.8 Å². The van der Waals surface area contributed by atoms with Gasteiger partial charge in [-0.3, -0.25) is 9.59 Å². The van der Waals surface area contributed by atoms with Gasteiger partial charge in [-0.2, -0.15) is 18.3 Å². The molecule has 3 aliphatic heterocycles. The van der Waals surface area contributed by atoms with Crippen LogP contribution in [0.15, 0.2) is 34.4 Å². The third kappa shape index (κ3) is 4.01. The van der Waals surface area contributed by atoms with E-state index in [1.807, 2.05) is 0 Å². The average molecular weight is 423 g/mol. The first kappa shape index (κ1) is 20.3. The molecule has 1 atom stereocenters. The first-order valence-corrected chi connectivity index (χ1v) is 9.59. The van der Waals surface area contributed by atoms with Gasteiger partial charge in [0.1, 0.15) is 6.10 Å².